The van der Waals surface area contributed by atoms with Gasteiger partial charge in [-0.3, -0.25) is 9.48 Å². The highest BCUT2D eigenvalue weighted by Crippen LogP contribution is 2.16. The van der Waals surface area contributed by atoms with Gasteiger partial charge in [0, 0.05) is 30.1 Å². The highest BCUT2D eigenvalue weighted by Gasteiger charge is 2.06. The molecule has 1 amide bonds. The van der Waals surface area contributed by atoms with Crippen LogP contribution < -0.4 is 15.5 Å². The van der Waals surface area contributed by atoms with Crippen molar-refractivity contribution < 1.29 is 9.53 Å². The molecule has 122 valence electrons. The van der Waals surface area contributed by atoms with Gasteiger partial charge in [0.25, 0.3) is 5.91 Å². The maximum Gasteiger partial charge on any atom is 0.259 e. The predicted molar refractivity (Wildman–Crippen MR) is 89.9 cm³/mol. The van der Waals surface area contributed by atoms with Crippen LogP contribution in [0.1, 0.15) is 17.0 Å². The molecule has 0 fully saturated rings. The zero-order chi connectivity index (χ0) is 16.8. The largest absolute Gasteiger partial charge is 0.497 e. The summed E-state index contributed by atoms with van der Waals surface area (Å²) in [6.07, 6.45) is 1.61. The van der Waals surface area contributed by atoms with E-state index < -0.39 is 0 Å². The number of amides is 1. The number of ether oxygens (including phenoxy) is 1. The van der Waals surface area contributed by atoms with Gasteiger partial charge in [0.1, 0.15) is 5.75 Å². The van der Waals surface area contributed by atoms with Crippen LogP contribution >= 0.6 is 0 Å². The number of hydrogen-bond donors (Lipinski definition) is 2. The Kier molecular flexibility index (Phi) is 5.35. The maximum absolute atomic E-state index is 11.8. The molecule has 1 heterocycles. The predicted octanol–water partition coefficient (Wildman–Crippen LogP) is 1.61. The summed E-state index contributed by atoms with van der Waals surface area (Å²) in [5.41, 5.74) is 6.08. The molecule has 23 heavy (non-hydrogen) atoms. The second-order valence-corrected chi connectivity index (χ2v) is 5.09. The van der Waals surface area contributed by atoms with Crippen molar-refractivity contribution in [1.82, 2.24) is 15.2 Å². The van der Waals surface area contributed by atoms with Gasteiger partial charge in [0.15, 0.2) is 0 Å². The summed E-state index contributed by atoms with van der Waals surface area (Å²) < 4.78 is 6.91. The molecule has 2 aromatic rings. The molecule has 0 radical (unpaired) electrons. The lowest BCUT2D eigenvalue weighted by Crippen LogP contribution is -2.25. The van der Waals surface area contributed by atoms with Crippen molar-refractivity contribution in [3.05, 3.63) is 41.2 Å². The summed E-state index contributed by atoms with van der Waals surface area (Å²) in [5, 5.41) is 11.3. The van der Waals surface area contributed by atoms with Gasteiger partial charge in [-0.2, -0.15) is 10.2 Å². The van der Waals surface area contributed by atoms with Crippen molar-refractivity contribution in [3.63, 3.8) is 0 Å². The Morgan fingerprint density at radius 2 is 2.22 bits per heavy atom. The molecule has 1 aromatic heterocycles. The first-order valence-corrected chi connectivity index (χ1v) is 7.21. The van der Waals surface area contributed by atoms with Crippen LogP contribution in [0, 0.1) is 13.8 Å². The highest BCUT2D eigenvalue weighted by molar-refractivity contribution is 5.85. The number of carbonyl (C=O) groups is 1. The van der Waals surface area contributed by atoms with Crippen LogP contribution in [0.25, 0.3) is 0 Å². The van der Waals surface area contributed by atoms with E-state index in [-0.39, 0.29) is 12.5 Å². The van der Waals surface area contributed by atoms with Crippen molar-refractivity contribution in [2.75, 3.05) is 19.0 Å². The summed E-state index contributed by atoms with van der Waals surface area (Å²) in [7, 11) is 3.47. The Morgan fingerprint density at radius 1 is 1.43 bits per heavy atom. The highest BCUT2D eigenvalue weighted by atomic mass is 16.5. The molecule has 0 spiro atoms. The number of nitrogens with zero attached hydrogens (tertiary/aromatic N) is 3. The molecule has 2 N–H and O–H groups in total. The van der Waals surface area contributed by atoms with E-state index in [1.54, 1.807) is 18.0 Å². The first-order valence-electron chi connectivity index (χ1n) is 7.21. The van der Waals surface area contributed by atoms with E-state index >= 15 is 0 Å². The third-order valence-corrected chi connectivity index (χ3v) is 3.47. The third kappa shape index (κ3) is 4.32. The first kappa shape index (κ1) is 16.5. The minimum Gasteiger partial charge on any atom is -0.497 e. The van der Waals surface area contributed by atoms with E-state index in [0.29, 0.717) is 0 Å². The average Bonchev–Trinajstić information content (AvgIpc) is 2.79. The quantitative estimate of drug-likeness (QED) is 0.627. The molecule has 1 aromatic carbocycles. The van der Waals surface area contributed by atoms with Crippen molar-refractivity contribution >= 4 is 17.8 Å². The average molecular weight is 315 g/mol. The van der Waals surface area contributed by atoms with Gasteiger partial charge in [-0.05, 0) is 26.0 Å². The molecule has 0 aliphatic rings. The molecule has 0 atom stereocenters. The summed E-state index contributed by atoms with van der Waals surface area (Å²) in [4.78, 5) is 11.8. The summed E-state index contributed by atoms with van der Waals surface area (Å²) >= 11 is 0. The van der Waals surface area contributed by atoms with E-state index in [1.165, 1.54) is 0 Å². The Balaban J connectivity index is 1.86. The number of anilines is 1. The molecular weight excluding hydrogens is 294 g/mol. The van der Waals surface area contributed by atoms with Crippen LogP contribution in [-0.4, -0.2) is 35.6 Å². The Labute approximate surface area is 135 Å². The summed E-state index contributed by atoms with van der Waals surface area (Å²) in [6, 6.07) is 7.37. The minimum atomic E-state index is -0.233. The normalized spacial score (nSPS) is 10.8. The Bertz CT molecular complexity index is 721. The van der Waals surface area contributed by atoms with Crippen LogP contribution in [0.5, 0.6) is 5.75 Å². The van der Waals surface area contributed by atoms with Gasteiger partial charge < -0.3 is 10.1 Å². The van der Waals surface area contributed by atoms with E-state index in [9.17, 15) is 4.79 Å². The van der Waals surface area contributed by atoms with Crippen LogP contribution in [0.2, 0.25) is 0 Å². The number of aromatic nitrogens is 2. The number of nitrogens with one attached hydrogen (secondary N) is 2. The standard InChI is InChI=1S/C16H21N5O2/c1-11-15(12(2)21(3)20-11)9-18-19-16(22)10-17-13-6-5-7-14(8-13)23-4/h5-9,17H,10H2,1-4H3,(H,19,22)/b18-9-. The molecule has 0 saturated heterocycles. The molecule has 0 aliphatic carbocycles. The molecule has 0 bridgehead atoms. The monoisotopic (exact) mass is 315 g/mol. The Morgan fingerprint density at radius 3 is 2.87 bits per heavy atom. The zero-order valence-corrected chi connectivity index (χ0v) is 13.8. The van der Waals surface area contributed by atoms with E-state index in [1.807, 2.05) is 45.2 Å². The van der Waals surface area contributed by atoms with Gasteiger partial charge in [0.2, 0.25) is 0 Å². The lowest BCUT2D eigenvalue weighted by Gasteiger charge is -2.06. The van der Waals surface area contributed by atoms with E-state index in [2.05, 4.69) is 20.9 Å². The minimum absolute atomic E-state index is 0.121. The fourth-order valence-electron chi connectivity index (χ4n) is 2.10. The van der Waals surface area contributed by atoms with E-state index in [0.717, 1.165) is 28.4 Å². The molecule has 0 unspecified atom stereocenters. The van der Waals surface area contributed by atoms with Crippen LogP contribution in [0.4, 0.5) is 5.69 Å². The maximum atomic E-state index is 11.8. The lowest BCUT2D eigenvalue weighted by atomic mass is 10.2. The Hall–Kier alpha value is -2.83. The number of hydrogen-bond acceptors (Lipinski definition) is 5. The third-order valence-electron chi connectivity index (χ3n) is 3.47. The van der Waals surface area contributed by atoms with Crippen LogP contribution in [0.3, 0.4) is 0 Å². The first-order chi connectivity index (χ1) is 11.0. The molecule has 2 rings (SSSR count). The number of carbonyl (C=O) groups excluding carboxylic acids is 1. The molecule has 0 saturated carbocycles. The number of benzene rings is 1. The molecule has 0 aliphatic heterocycles. The van der Waals surface area contributed by atoms with Crippen molar-refractivity contribution in [3.8, 4) is 5.75 Å². The summed E-state index contributed by atoms with van der Waals surface area (Å²) in [6.45, 7) is 3.98. The van der Waals surface area contributed by atoms with Crippen molar-refractivity contribution in [1.29, 1.82) is 0 Å². The number of methoxy groups -OCH3 is 1. The van der Waals surface area contributed by atoms with Crippen LogP contribution in [0.15, 0.2) is 29.4 Å². The molecule has 7 heteroatoms. The fourth-order valence-corrected chi connectivity index (χ4v) is 2.10. The van der Waals surface area contributed by atoms with Gasteiger partial charge in [0.05, 0.1) is 25.6 Å². The molecular formula is C16H21N5O2. The second kappa shape index (κ2) is 7.44. The zero-order valence-electron chi connectivity index (χ0n) is 13.8. The van der Waals surface area contributed by atoms with Gasteiger partial charge in [-0.15, -0.1) is 0 Å². The number of hydrazone groups is 1. The second-order valence-electron chi connectivity index (χ2n) is 5.09. The van der Waals surface area contributed by atoms with Crippen molar-refractivity contribution in [2.45, 2.75) is 13.8 Å². The van der Waals surface area contributed by atoms with E-state index in [4.69, 9.17) is 4.74 Å². The topological polar surface area (TPSA) is 80.5 Å². The van der Waals surface area contributed by atoms with Gasteiger partial charge in [-0.1, -0.05) is 6.07 Å². The molecule has 7 nitrogen and oxygen atoms in total. The SMILES string of the molecule is COc1cccc(NCC(=O)N/N=C\c2c(C)nn(C)c2C)c1. The number of aryl methyl sites for hydroxylation is 2. The van der Waals surface area contributed by atoms with Gasteiger partial charge >= 0.3 is 0 Å². The van der Waals surface area contributed by atoms with Crippen LogP contribution in [-0.2, 0) is 11.8 Å². The fraction of sp³-hybridized carbons (Fsp3) is 0.312. The van der Waals surface area contributed by atoms with Crippen molar-refractivity contribution in [2.24, 2.45) is 12.1 Å². The summed E-state index contributed by atoms with van der Waals surface area (Å²) in [5.74, 6) is 0.499. The number of rotatable bonds is 6. The lowest BCUT2D eigenvalue weighted by molar-refractivity contribution is -0.119. The van der Waals surface area contributed by atoms with Gasteiger partial charge in [-0.25, -0.2) is 5.43 Å². The smallest absolute Gasteiger partial charge is 0.259 e.